The van der Waals surface area contributed by atoms with Gasteiger partial charge in [0.25, 0.3) is 0 Å². The molecular weight excluding hydrogens is 375 g/mol. The second kappa shape index (κ2) is 6.96. The molecule has 22 heavy (non-hydrogen) atoms. The first kappa shape index (κ1) is 15.7. The summed E-state index contributed by atoms with van der Waals surface area (Å²) in [5, 5.41) is 0.517. The van der Waals surface area contributed by atoms with Crippen LogP contribution in [0, 0.1) is 0 Å². The van der Waals surface area contributed by atoms with Crippen molar-refractivity contribution in [3.05, 3.63) is 107 Å². The molecule has 0 aromatic heterocycles. The third-order valence-electron chi connectivity index (χ3n) is 3.83. The molecule has 3 aromatic rings. The highest BCUT2D eigenvalue weighted by Gasteiger charge is 2.36. The summed E-state index contributed by atoms with van der Waals surface area (Å²) in [5.74, 6) is 0. The normalized spacial score (nSPS) is 11.9. The Kier molecular flexibility index (Phi) is 4.98. The van der Waals surface area contributed by atoms with Crippen LogP contribution in [0.4, 0.5) is 0 Å². The van der Waals surface area contributed by atoms with Crippen molar-refractivity contribution in [2.24, 2.45) is 0 Å². The molecule has 0 aliphatic heterocycles. The van der Waals surface area contributed by atoms with Gasteiger partial charge >= 0.3 is 0 Å². The third-order valence-corrected chi connectivity index (χ3v) is 7.08. The molecule has 0 saturated carbocycles. The Labute approximate surface area is 146 Å². The van der Waals surface area contributed by atoms with Crippen LogP contribution in [0.1, 0.15) is 16.7 Å². The standard InChI is InChI=1S/C19H15BrClP/c20-22-19(15-9-3-1-4-10-15,16-11-5-2-6-12-16)17-13-7-8-14-18(17)21/h1-14,22H. The summed E-state index contributed by atoms with van der Waals surface area (Å²) in [5.41, 5.74) is 3.61. The fourth-order valence-corrected chi connectivity index (χ4v) is 6.02. The number of benzene rings is 3. The molecule has 110 valence electrons. The number of hydrogen-bond donors (Lipinski definition) is 0. The van der Waals surface area contributed by atoms with Crippen LogP contribution in [0.2, 0.25) is 5.02 Å². The monoisotopic (exact) mass is 388 g/mol. The van der Waals surface area contributed by atoms with Crippen molar-refractivity contribution in [1.82, 2.24) is 0 Å². The zero-order valence-electron chi connectivity index (χ0n) is 11.8. The molecule has 0 radical (unpaired) electrons. The van der Waals surface area contributed by atoms with Crippen molar-refractivity contribution >= 4 is 34.4 Å². The van der Waals surface area contributed by atoms with Crippen molar-refractivity contribution in [1.29, 1.82) is 0 Å². The van der Waals surface area contributed by atoms with E-state index in [2.05, 4.69) is 76.2 Å². The molecule has 0 bridgehead atoms. The van der Waals surface area contributed by atoms with E-state index in [0.717, 1.165) is 10.6 Å². The van der Waals surface area contributed by atoms with Crippen molar-refractivity contribution < 1.29 is 0 Å². The van der Waals surface area contributed by atoms with E-state index in [0.29, 0.717) is 7.28 Å². The molecule has 0 fully saturated rings. The molecule has 0 spiro atoms. The van der Waals surface area contributed by atoms with E-state index in [-0.39, 0.29) is 5.16 Å². The summed E-state index contributed by atoms with van der Waals surface area (Å²) in [6.07, 6.45) is 0. The molecule has 3 aromatic carbocycles. The zero-order chi connectivity index (χ0) is 15.4. The molecule has 0 nitrogen and oxygen atoms in total. The minimum Gasteiger partial charge on any atom is -0.0840 e. The van der Waals surface area contributed by atoms with E-state index in [4.69, 9.17) is 11.6 Å². The lowest BCUT2D eigenvalue weighted by atomic mass is 9.84. The SMILES string of the molecule is Clc1ccccc1C(PBr)(c1ccccc1)c1ccccc1. The fourth-order valence-electron chi connectivity index (χ4n) is 2.78. The zero-order valence-corrected chi connectivity index (χ0v) is 15.2. The van der Waals surface area contributed by atoms with Crippen molar-refractivity contribution in [3.8, 4) is 0 Å². The average Bonchev–Trinajstić information content (AvgIpc) is 2.59. The maximum Gasteiger partial charge on any atom is 0.0736 e. The quantitative estimate of drug-likeness (QED) is 0.347. The molecule has 0 heterocycles. The number of rotatable bonds is 4. The Morgan fingerprint density at radius 3 is 1.59 bits per heavy atom. The third kappa shape index (κ3) is 2.74. The maximum absolute atomic E-state index is 6.57. The van der Waals surface area contributed by atoms with E-state index in [1.54, 1.807) is 0 Å². The molecule has 1 unspecified atom stereocenters. The average molecular weight is 390 g/mol. The number of hydrogen-bond acceptors (Lipinski definition) is 0. The fraction of sp³-hybridized carbons (Fsp3) is 0.0526. The van der Waals surface area contributed by atoms with E-state index >= 15 is 0 Å². The van der Waals surface area contributed by atoms with Crippen molar-refractivity contribution in [2.45, 2.75) is 5.16 Å². The first-order valence-electron chi connectivity index (χ1n) is 7.03. The summed E-state index contributed by atoms with van der Waals surface area (Å²) in [6.45, 7) is 0. The van der Waals surface area contributed by atoms with E-state index < -0.39 is 0 Å². The van der Waals surface area contributed by atoms with Crippen LogP contribution >= 0.6 is 34.4 Å². The molecule has 0 amide bonds. The molecule has 3 rings (SSSR count). The Balaban J connectivity index is 2.34. The predicted molar refractivity (Wildman–Crippen MR) is 101 cm³/mol. The smallest absolute Gasteiger partial charge is 0.0736 e. The van der Waals surface area contributed by atoms with Gasteiger partial charge < -0.3 is 0 Å². The van der Waals surface area contributed by atoms with Crippen molar-refractivity contribution in [2.75, 3.05) is 0 Å². The highest BCUT2D eigenvalue weighted by Crippen LogP contribution is 2.56. The van der Waals surface area contributed by atoms with Crippen LogP contribution < -0.4 is 0 Å². The molecule has 0 aliphatic carbocycles. The van der Waals surface area contributed by atoms with E-state index in [9.17, 15) is 0 Å². The minimum atomic E-state index is -0.277. The van der Waals surface area contributed by atoms with Gasteiger partial charge in [0.15, 0.2) is 0 Å². The van der Waals surface area contributed by atoms with Gasteiger partial charge in [-0.05, 0) is 30.0 Å². The first-order valence-corrected chi connectivity index (χ1v) is 10.7. The van der Waals surface area contributed by atoms with Gasteiger partial charge in [0.05, 0.1) is 5.16 Å². The van der Waals surface area contributed by atoms with Crippen molar-refractivity contribution in [3.63, 3.8) is 0 Å². The van der Waals surface area contributed by atoms with Gasteiger partial charge in [0.2, 0.25) is 0 Å². The minimum absolute atomic E-state index is 0.277. The van der Waals surface area contributed by atoms with Gasteiger partial charge in [-0.1, -0.05) is 106 Å². The second-order valence-electron chi connectivity index (χ2n) is 5.06. The molecule has 1 atom stereocenters. The lowest BCUT2D eigenvalue weighted by molar-refractivity contribution is 0.895. The highest BCUT2D eigenvalue weighted by atomic mass is 79.9. The van der Waals surface area contributed by atoms with Gasteiger partial charge in [0, 0.05) is 5.02 Å². The maximum atomic E-state index is 6.57. The highest BCUT2D eigenvalue weighted by molar-refractivity contribution is 9.36. The van der Waals surface area contributed by atoms with Gasteiger partial charge in [-0.3, -0.25) is 0 Å². The number of halogens is 2. The molecule has 0 saturated heterocycles. The largest absolute Gasteiger partial charge is 0.0840 e. The van der Waals surface area contributed by atoms with Crippen LogP contribution in [0.25, 0.3) is 0 Å². The predicted octanol–water partition coefficient (Wildman–Crippen LogP) is 6.62. The lowest BCUT2D eigenvalue weighted by Crippen LogP contribution is -2.23. The molecule has 3 heteroatoms. The molecule has 0 N–H and O–H groups in total. The molecular formula is C19H15BrClP. The second-order valence-corrected chi connectivity index (χ2v) is 7.59. The van der Waals surface area contributed by atoms with Crippen LogP contribution in [-0.4, -0.2) is 0 Å². The van der Waals surface area contributed by atoms with Gasteiger partial charge in [0.1, 0.15) is 0 Å². The molecule has 0 aliphatic rings. The van der Waals surface area contributed by atoms with Crippen LogP contribution in [0.3, 0.4) is 0 Å². The Hall–Kier alpha value is -1.14. The summed E-state index contributed by atoms with van der Waals surface area (Å²) in [7, 11) is 0.476. The summed E-state index contributed by atoms with van der Waals surface area (Å²) in [6, 6.07) is 29.2. The van der Waals surface area contributed by atoms with Crippen LogP contribution in [0.15, 0.2) is 84.9 Å². The van der Waals surface area contributed by atoms with E-state index in [1.807, 2.05) is 24.3 Å². The topological polar surface area (TPSA) is 0 Å². The Morgan fingerprint density at radius 1 is 0.682 bits per heavy atom. The Bertz CT molecular complexity index is 704. The summed E-state index contributed by atoms with van der Waals surface area (Å²) < 4.78 is 0. The van der Waals surface area contributed by atoms with Crippen LogP contribution in [0.5, 0.6) is 0 Å². The lowest BCUT2D eigenvalue weighted by Gasteiger charge is -2.34. The summed E-state index contributed by atoms with van der Waals surface area (Å²) in [4.78, 5) is 0. The van der Waals surface area contributed by atoms with Crippen LogP contribution in [-0.2, 0) is 5.16 Å². The van der Waals surface area contributed by atoms with Gasteiger partial charge in [-0.2, -0.15) is 0 Å². The summed E-state index contributed by atoms with van der Waals surface area (Å²) >= 11 is 10.4. The van der Waals surface area contributed by atoms with Gasteiger partial charge in [-0.25, -0.2) is 0 Å². The van der Waals surface area contributed by atoms with E-state index in [1.165, 1.54) is 11.1 Å². The van der Waals surface area contributed by atoms with Gasteiger partial charge in [-0.15, -0.1) is 0 Å². The first-order chi connectivity index (χ1) is 10.8. The Morgan fingerprint density at radius 2 is 1.14 bits per heavy atom.